The smallest absolute Gasteiger partial charge is 0.437 e. The summed E-state index contributed by atoms with van der Waals surface area (Å²) in [6, 6.07) is 3.01. The van der Waals surface area contributed by atoms with Crippen molar-refractivity contribution in [2.75, 3.05) is 20.8 Å². The molecule has 0 bridgehead atoms. The van der Waals surface area contributed by atoms with Crippen molar-refractivity contribution in [3.8, 4) is 11.5 Å². The van der Waals surface area contributed by atoms with Gasteiger partial charge in [-0.2, -0.15) is 13.2 Å². The Hall–Kier alpha value is -2.27. The minimum atomic E-state index is -5.22. The fourth-order valence-corrected chi connectivity index (χ4v) is 3.16. The van der Waals surface area contributed by atoms with Crippen LogP contribution >= 0.6 is 12.2 Å². The highest BCUT2D eigenvalue weighted by molar-refractivity contribution is 7.80. The van der Waals surface area contributed by atoms with Gasteiger partial charge in [-0.1, -0.05) is 0 Å². The minimum Gasteiger partial charge on any atom is -0.497 e. The van der Waals surface area contributed by atoms with Crippen LogP contribution in [0.2, 0.25) is 0 Å². The van der Waals surface area contributed by atoms with Crippen molar-refractivity contribution in [3.63, 3.8) is 0 Å². The topological polar surface area (TPSA) is 89.1 Å². The van der Waals surface area contributed by atoms with Crippen LogP contribution in [0.3, 0.4) is 0 Å². The van der Waals surface area contributed by atoms with Gasteiger partial charge >= 0.3 is 12.1 Å². The molecule has 1 saturated heterocycles. The lowest BCUT2D eigenvalue weighted by Gasteiger charge is -2.45. The van der Waals surface area contributed by atoms with Crippen LogP contribution in [0.15, 0.2) is 18.2 Å². The molecule has 1 aromatic carbocycles. The Bertz CT molecular complexity index is 730. The van der Waals surface area contributed by atoms with E-state index in [0.717, 1.165) is 0 Å². The monoisotopic (exact) mass is 408 g/mol. The molecule has 150 valence electrons. The van der Waals surface area contributed by atoms with Gasteiger partial charge in [0.05, 0.1) is 26.9 Å². The first-order valence-corrected chi connectivity index (χ1v) is 8.26. The molecule has 0 aromatic heterocycles. The predicted octanol–water partition coefficient (Wildman–Crippen LogP) is 1.65. The molecule has 2 rings (SSSR count). The summed E-state index contributed by atoms with van der Waals surface area (Å²) >= 11 is 4.84. The third-order valence-corrected chi connectivity index (χ3v) is 4.34. The summed E-state index contributed by atoms with van der Waals surface area (Å²) in [5, 5.41) is 14.3. The summed E-state index contributed by atoms with van der Waals surface area (Å²) in [5.41, 5.74) is -3.50. The molecule has 1 aliphatic heterocycles. The molecule has 0 aliphatic carbocycles. The van der Waals surface area contributed by atoms with E-state index in [1.54, 1.807) is 5.32 Å². The van der Waals surface area contributed by atoms with Crippen molar-refractivity contribution in [2.24, 2.45) is 5.92 Å². The maximum absolute atomic E-state index is 13.7. The average Bonchev–Trinajstić information content (AvgIpc) is 2.59. The van der Waals surface area contributed by atoms with Gasteiger partial charge in [0, 0.05) is 5.56 Å². The number of alkyl halides is 3. The second kappa shape index (κ2) is 7.77. The number of thiocarbonyl (C=S) groups is 1. The van der Waals surface area contributed by atoms with Gasteiger partial charge < -0.3 is 30.0 Å². The molecule has 7 nitrogen and oxygen atoms in total. The molecule has 0 spiro atoms. The number of nitrogens with one attached hydrogen (secondary N) is 2. The van der Waals surface area contributed by atoms with Crippen LogP contribution in [0, 0.1) is 5.92 Å². The lowest BCUT2D eigenvalue weighted by atomic mass is 9.81. The Morgan fingerprint density at radius 3 is 2.52 bits per heavy atom. The van der Waals surface area contributed by atoms with E-state index in [1.165, 1.54) is 39.3 Å². The van der Waals surface area contributed by atoms with Crippen molar-refractivity contribution >= 4 is 23.3 Å². The van der Waals surface area contributed by atoms with E-state index < -0.39 is 34.9 Å². The normalized spacial score (nSPS) is 25.2. The molecular formula is C16H19F3N2O5S. The van der Waals surface area contributed by atoms with E-state index >= 15 is 0 Å². The molecule has 0 amide bonds. The summed E-state index contributed by atoms with van der Waals surface area (Å²) < 4.78 is 56.2. The van der Waals surface area contributed by atoms with E-state index in [1.807, 2.05) is 0 Å². The first-order valence-electron chi connectivity index (χ1n) is 7.85. The van der Waals surface area contributed by atoms with Crippen molar-refractivity contribution in [2.45, 2.75) is 24.9 Å². The Kier molecular flexibility index (Phi) is 6.05. The second-order valence-electron chi connectivity index (χ2n) is 5.68. The summed E-state index contributed by atoms with van der Waals surface area (Å²) in [7, 11) is 2.70. The Labute approximate surface area is 158 Å². The molecule has 1 heterocycles. The van der Waals surface area contributed by atoms with Crippen LogP contribution in [0.25, 0.3) is 0 Å². The van der Waals surface area contributed by atoms with Gasteiger partial charge in [-0.05, 0) is 37.3 Å². The van der Waals surface area contributed by atoms with Crippen LogP contribution in [0.5, 0.6) is 11.5 Å². The summed E-state index contributed by atoms with van der Waals surface area (Å²) in [4.78, 5) is 12.4. The zero-order valence-electron chi connectivity index (χ0n) is 14.7. The molecule has 11 heteroatoms. The number of benzene rings is 1. The van der Waals surface area contributed by atoms with Crippen molar-refractivity contribution < 1.29 is 37.3 Å². The third-order valence-electron chi connectivity index (χ3n) is 4.12. The van der Waals surface area contributed by atoms with E-state index in [0.29, 0.717) is 5.75 Å². The molecule has 27 heavy (non-hydrogen) atoms. The van der Waals surface area contributed by atoms with Crippen LogP contribution in [0.4, 0.5) is 13.2 Å². The van der Waals surface area contributed by atoms with E-state index in [4.69, 9.17) is 26.4 Å². The number of halogens is 3. The maximum atomic E-state index is 13.7. The highest BCUT2D eigenvalue weighted by atomic mass is 32.1. The zero-order valence-corrected chi connectivity index (χ0v) is 15.5. The van der Waals surface area contributed by atoms with Crippen LogP contribution in [-0.4, -0.2) is 48.9 Å². The minimum absolute atomic E-state index is 0.140. The predicted molar refractivity (Wildman–Crippen MR) is 92.3 cm³/mol. The van der Waals surface area contributed by atoms with Gasteiger partial charge in [0.15, 0.2) is 5.11 Å². The summed E-state index contributed by atoms with van der Waals surface area (Å²) in [6.45, 7) is 1.27. The number of methoxy groups -OCH3 is 2. The second-order valence-corrected chi connectivity index (χ2v) is 6.09. The number of esters is 1. The molecule has 1 fully saturated rings. The van der Waals surface area contributed by atoms with Crippen LogP contribution in [0.1, 0.15) is 18.5 Å². The highest BCUT2D eigenvalue weighted by Crippen LogP contribution is 2.45. The number of hydrogen-bond acceptors (Lipinski definition) is 6. The number of carbonyl (C=O) groups is 1. The lowest BCUT2D eigenvalue weighted by Crippen LogP contribution is -2.73. The maximum Gasteiger partial charge on any atom is 0.437 e. The fourth-order valence-electron chi connectivity index (χ4n) is 2.88. The lowest BCUT2D eigenvalue weighted by molar-refractivity contribution is -0.292. The first kappa shape index (κ1) is 21.0. The van der Waals surface area contributed by atoms with Gasteiger partial charge in [0.25, 0.3) is 5.72 Å². The van der Waals surface area contributed by atoms with E-state index in [2.05, 4.69) is 5.32 Å². The Balaban J connectivity index is 2.67. The summed E-state index contributed by atoms with van der Waals surface area (Å²) in [6.07, 6.45) is -5.22. The van der Waals surface area contributed by atoms with Gasteiger partial charge in [-0.3, -0.25) is 4.79 Å². The standard InChI is InChI=1S/C16H19F3N2O5S/c1-4-26-13(22)11-12(9-7-8(24-2)5-6-10(9)25-3)20-14(27)21-15(11,23)16(17,18)19/h5-7,11-12,23H,4H2,1-3H3,(H2,20,21,27)/t11-,12-,15+/m0/s1. The Morgan fingerprint density at radius 1 is 1.33 bits per heavy atom. The quantitative estimate of drug-likeness (QED) is 0.501. The average molecular weight is 408 g/mol. The van der Waals surface area contributed by atoms with Gasteiger partial charge in [-0.15, -0.1) is 0 Å². The fraction of sp³-hybridized carbons (Fsp3) is 0.500. The van der Waals surface area contributed by atoms with Crippen molar-refractivity contribution in [1.82, 2.24) is 10.6 Å². The van der Waals surface area contributed by atoms with E-state index in [-0.39, 0.29) is 17.9 Å². The number of ether oxygens (including phenoxy) is 3. The molecule has 1 aromatic rings. The third kappa shape index (κ3) is 3.88. The number of aliphatic hydroxyl groups is 1. The van der Waals surface area contributed by atoms with E-state index in [9.17, 15) is 23.1 Å². The summed E-state index contributed by atoms with van der Waals surface area (Å²) in [5.74, 6) is -2.87. The van der Waals surface area contributed by atoms with Gasteiger partial charge in [0.1, 0.15) is 17.4 Å². The highest BCUT2D eigenvalue weighted by Gasteiger charge is 2.66. The zero-order chi connectivity index (χ0) is 20.4. The molecule has 0 unspecified atom stereocenters. The molecule has 0 saturated carbocycles. The molecule has 3 N–H and O–H groups in total. The number of rotatable bonds is 5. The van der Waals surface area contributed by atoms with Gasteiger partial charge in [-0.25, -0.2) is 0 Å². The Morgan fingerprint density at radius 2 is 2.00 bits per heavy atom. The van der Waals surface area contributed by atoms with Crippen molar-refractivity contribution in [1.29, 1.82) is 0 Å². The largest absolute Gasteiger partial charge is 0.497 e. The first-order chi connectivity index (χ1) is 12.6. The molecule has 3 atom stereocenters. The molecule has 1 aliphatic rings. The SMILES string of the molecule is CCOC(=O)[C@@H]1[C@H](c2cc(OC)ccc2OC)NC(=S)N[C@]1(O)C(F)(F)F. The number of hydrogen-bond donors (Lipinski definition) is 3. The van der Waals surface area contributed by atoms with Crippen LogP contribution < -0.4 is 20.1 Å². The van der Waals surface area contributed by atoms with Crippen molar-refractivity contribution in [3.05, 3.63) is 23.8 Å². The molecule has 0 radical (unpaired) electrons. The molecular weight excluding hydrogens is 389 g/mol. The van der Waals surface area contributed by atoms with Crippen LogP contribution in [-0.2, 0) is 9.53 Å². The van der Waals surface area contributed by atoms with Gasteiger partial charge in [0.2, 0.25) is 0 Å². The number of carbonyl (C=O) groups excluding carboxylic acids is 1.